The molecule has 1 aliphatic heterocycles. The molecule has 2 aromatic carbocycles. The van der Waals surface area contributed by atoms with Gasteiger partial charge in [-0.2, -0.15) is 0 Å². The summed E-state index contributed by atoms with van der Waals surface area (Å²) in [6.07, 6.45) is 0. The first-order valence-corrected chi connectivity index (χ1v) is 11.5. The third-order valence-corrected chi connectivity index (χ3v) is 6.70. The van der Waals surface area contributed by atoms with Gasteiger partial charge < -0.3 is 25.0 Å². The van der Waals surface area contributed by atoms with Gasteiger partial charge >= 0.3 is 5.97 Å². The fourth-order valence-electron chi connectivity index (χ4n) is 3.36. The third-order valence-electron chi connectivity index (χ3n) is 5.03. The van der Waals surface area contributed by atoms with Gasteiger partial charge in [-0.15, -0.1) is 11.3 Å². The molecule has 0 unspecified atom stereocenters. The second kappa shape index (κ2) is 10.7. The molecule has 0 aliphatic carbocycles. The lowest BCUT2D eigenvalue weighted by Gasteiger charge is -2.28. The molecule has 2 amide bonds. The number of fused-ring (bicyclic) bond motifs is 1. The van der Waals surface area contributed by atoms with E-state index < -0.39 is 24.4 Å². The highest BCUT2D eigenvalue weighted by molar-refractivity contribution is 7.21. The molecule has 0 bridgehead atoms. The van der Waals surface area contributed by atoms with Gasteiger partial charge in [0.15, 0.2) is 6.61 Å². The highest BCUT2D eigenvalue weighted by atomic mass is 35.5. The van der Waals surface area contributed by atoms with Gasteiger partial charge in [0.25, 0.3) is 11.8 Å². The van der Waals surface area contributed by atoms with Crippen LogP contribution in [0.25, 0.3) is 10.1 Å². The van der Waals surface area contributed by atoms with E-state index in [1.807, 2.05) is 36.4 Å². The number of esters is 1. The van der Waals surface area contributed by atoms with Crippen LogP contribution < -0.4 is 15.5 Å². The lowest BCUT2D eigenvalue weighted by Crippen LogP contribution is -2.36. The zero-order valence-electron chi connectivity index (χ0n) is 17.6. The summed E-state index contributed by atoms with van der Waals surface area (Å²) >= 11 is 7.52. The molecule has 4 rings (SSSR count). The van der Waals surface area contributed by atoms with Gasteiger partial charge in [0.05, 0.1) is 18.2 Å². The lowest BCUT2D eigenvalue weighted by molar-refractivity contribution is -0.146. The lowest BCUT2D eigenvalue weighted by atomic mass is 10.2. The van der Waals surface area contributed by atoms with Crippen LogP contribution in [0.3, 0.4) is 0 Å². The standard InChI is InChI=1S/C23H22ClN3O5S/c24-21-17-3-1-2-4-18(17)33-22(21)23(30)25-13-20(29)32-14-19(28)26-15-5-7-16(8-6-15)27-9-11-31-12-10-27/h1-8H,9-14H2,(H,25,30)(H,26,28). The monoisotopic (exact) mass is 487 g/mol. The minimum Gasteiger partial charge on any atom is -0.454 e. The van der Waals surface area contributed by atoms with Gasteiger partial charge in [0.2, 0.25) is 0 Å². The Morgan fingerprint density at radius 1 is 1.06 bits per heavy atom. The Labute approximate surface area is 199 Å². The van der Waals surface area contributed by atoms with Crippen LogP contribution in [0, 0.1) is 0 Å². The van der Waals surface area contributed by atoms with Crippen molar-refractivity contribution in [1.82, 2.24) is 5.32 Å². The second-order valence-corrected chi connectivity index (χ2v) is 8.71. The van der Waals surface area contributed by atoms with E-state index >= 15 is 0 Å². The van der Waals surface area contributed by atoms with Crippen molar-refractivity contribution >= 4 is 62.2 Å². The molecular formula is C23H22ClN3O5S. The van der Waals surface area contributed by atoms with Crippen LogP contribution in [0.5, 0.6) is 0 Å². The number of morpholine rings is 1. The number of rotatable bonds is 7. The van der Waals surface area contributed by atoms with Crippen LogP contribution in [0.2, 0.25) is 5.02 Å². The van der Waals surface area contributed by atoms with Crippen LogP contribution in [0.15, 0.2) is 48.5 Å². The highest BCUT2D eigenvalue weighted by Gasteiger charge is 2.18. The van der Waals surface area contributed by atoms with Gasteiger partial charge in [0.1, 0.15) is 11.4 Å². The maximum atomic E-state index is 12.4. The predicted octanol–water partition coefficient (Wildman–Crippen LogP) is 3.30. The Morgan fingerprint density at radius 2 is 1.79 bits per heavy atom. The van der Waals surface area contributed by atoms with Crippen molar-refractivity contribution in [3.05, 3.63) is 58.4 Å². The molecular weight excluding hydrogens is 466 g/mol. The van der Waals surface area contributed by atoms with Crippen molar-refractivity contribution in [1.29, 1.82) is 0 Å². The summed E-state index contributed by atoms with van der Waals surface area (Å²) in [6.45, 7) is 2.22. The molecule has 0 saturated carbocycles. The summed E-state index contributed by atoms with van der Waals surface area (Å²) in [7, 11) is 0. The van der Waals surface area contributed by atoms with E-state index in [-0.39, 0.29) is 6.54 Å². The molecule has 172 valence electrons. The molecule has 1 aliphatic rings. The van der Waals surface area contributed by atoms with Crippen LogP contribution in [-0.4, -0.2) is 57.2 Å². The average Bonchev–Trinajstić information content (AvgIpc) is 3.19. The topological polar surface area (TPSA) is 97.0 Å². The summed E-state index contributed by atoms with van der Waals surface area (Å²) in [4.78, 5) is 38.9. The predicted molar refractivity (Wildman–Crippen MR) is 128 cm³/mol. The number of ether oxygens (including phenoxy) is 2. The number of carbonyl (C=O) groups excluding carboxylic acids is 3. The first kappa shape index (κ1) is 23.0. The SMILES string of the molecule is O=C(COC(=O)CNC(=O)c1sc2ccccc2c1Cl)Nc1ccc(N2CCOCC2)cc1. The average molecular weight is 488 g/mol. The van der Waals surface area contributed by atoms with Crippen molar-refractivity contribution in [2.75, 3.05) is 49.7 Å². The third kappa shape index (κ3) is 5.81. The number of halogens is 1. The summed E-state index contributed by atoms with van der Waals surface area (Å²) in [6, 6.07) is 14.8. The Morgan fingerprint density at radius 3 is 2.52 bits per heavy atom. The molecule has 1 fully saturated rings. The Bertz CT molecular complexity index is 1160. The number of anilines is 2. The zero-order valence-corrected chi connectivity index (χ0v) is 19.2. The van der Waals surface area contributed by atoms with Crippen LogP contribution in [0.4, 0.5) is 11.4 Å². The first-order valence-electron chi connectivity index (χ1n) is 10.3. The van der Waals surface area contributed by atoms with E-state index in [0.29, 0.717) is 28.8 Å². The molecule has 0 radical (unpaired) electrons. The number of carbonyl (C=O) groups is 3. The smallest absolute Gasteiger partial charge is 0.325 e. The summed E-state index contributed by atoms with van der Waals surface area (Å²) < 4.78 is 11.2. The number of amides is 2. The number of nitrogens with zero attached hydrogens (tertiary/aromatic N) is 1. The van der Waals surface area contributed by atoms with Crippen molar-refractivity contribution in [3.8, 4) is 0 Å². The van der Waals surface area contributed by atoms with Gasteiger partial charge in [-0.1, -0.05) is 29.8 Å². The summed E-state index contributed by atoms with van der Waals surface area (Å²) in [5.74, 6) is -1.66. The maximum absolute atomic E-state index is 12.4. The van der Waals surface area contributed by atoms with E-state index in [1.54, 1.807) is 12.1 Å². The molecule has 2 N–H and O–H groups in total. The normalized spacial score (nSPS) is 13.5. The van der Waals surface area contributed by atoms with E-state index in [4.69, 9.17) is 21.1 Å². The van der Waals surface area contributed by atoms with Crippen molar-refractivity contribution in [2.45, 2.75) is 0 Å². The molecule has 33 heavy (non-hydrogen) atoms. The van der Waals surface area contributed by atoms with Crippen molar-refractivity contribution in [2.24, 2.45) is 0 Å². The quantitative estimate of drug-likeness (QED) is 0.496. The molecule has 2 heterocycles. The number of thiophene rings is 1. The molecule has 1 saturated heterocycles. The number of nitrogens with one attached hydrogen (secondary N) is 2. The van der Waals surface area contributed by atoms with Crippen molar-refractivity contribution in [3.63, 3.8) is 0 Å². The minimum atomic E-state index is -0.724. The molecule has 1 aromatic heterocycles. The summed E-state index contributed by atoms with van der Waals surface area (Å²) in [5, 5.41) is 6.29. The van der Waals surface area contributed by atoms with Crippen LogP contribution in [-0.2, 0) is 19.1 Å². The van der Waals surface area contributed by atoms with E-state index in [0.717, 1.165) is 28.9 Å². The molecule has 3 aromatic rings. The summed E-state index contributed by atoms with van der Waals surface area (Å²) in [5.41, 5.74) is 1.65. The molecule has 8 nitrogen and oxygen atoms in total. The zero-order chi connectivity index (χ0) is 23.2. The minimum absolute atomic E-state index is 0.323. The van der Waals surface area contributed by atoms with Gasteiger partial charge in [0, 0.05) is 34.6 Å². The maximum Gasteiger partial charge on any atom is 0.325 e. The van der Waals surface area contributed by atoms with E-state index in [9.17, 15) is 14.4 Å². The second-order valence-electron chi connectivity index (χ2n) is 7.28. The Hall–Kier alpha value is -3.14. The van der Waals surface area contributed by atoms with Crippen LogP contribution >= 0.6 is 22.9 Å². The highest BCUT2D eigenvalue weighted by Crippen LogP contribution is 2.34. The van der Waals surface area contributed by atoms with E-state index in [2.05, 4.69) is 15.5 Å². The Kier molecular flexibility index (Phi) is 7.43. The van der Waals surface area contributed by atoms with E-state index in [1.165, 1.54) is 11.3 Å². The molecule has 0 atom stereocenters. The first-order chi connectivity index (χ1) is 16.0. The van der Waals surface area contributed by atoms with Crippen molar-refractivity contribution < 1.29 is 23.9 Å². The van der Waals surface area contributed by atoms with Gasteiger partial charge in [-0.05, 0) is 30.3 Å². The number of hydrogen-bond donors (Lipinski definition) is 2. The Balaban J connectivity index is 1.21. The fraction of sp³-hybridized carbons (Fsp3) is 0.261. The van der Waals surface area contributed by atoms with Gasteiger partial charge in [-0.3, -0.25) is 14.4 Å². The number of hydrogen-bond acceptors (Lipinski definition) is 7. The largest absolute Gasteiger partial charge is 0.454 e. The number of benzene rings is 2. The molecule has 0 spiro atoms. The van der Waals surface area contributed by atoms with Gasteiger partial charge in [-0.25, -0.2) is 0 Å². The molecule has 10 heteroatoms. The van der Waals surface area contributed by atoms with Crippen LogP contribution in [0.1, 0.15) is 9.67 Å². The fourth-order valence-corrected chi connectivity index (χ4v) is 4.80.